The fourth-order valence-corrected chi connectivity index (χ4v) is 4.04. The van der Waals surface area contributed by atoms with Crippen LogP contribution in [0.4, 0.5) is 0 Å². The number of rotatable bonds is 3. The number of aromatic nitrogens is 1. The van der Waals surface area contributed by atoms with E-state index in [2.05, 4.69) is 31.1 Å². The van der Waals surface area contributed by atoms with Crippen LogP contribution in [0.3, 0.4) is 0 Å². The number of benzene rings is 1. The molecule has 0 aliphatic heterocycles. The molecule has 106 valence electrons. The summed E-state index contributed by atoms with van der Waals surface area (Å²) in [5.74, 6) is 0.367. The maximum atomic E-state index is 9.55. The van der Waals surface area contributed by atoms with Gasteiger partial charge in [-0.1, -0.05) is 6.07 Å². The second-order valence-electron chi connectivity index (χ2n) is 5.55. The minimum atomic E-state index is 0.311. The third-order valence-corrected chi connectivity index (χ3v) is 5.24. The molecule has 1 aliphatic carbocycles. The molecule has 1 aromatic heterocycles. The number of nitrogens with one attached hydrogen (secondary N) is 1. The largest absolute Gasteiger partial charge is 0.508 e. The van der Waals surface area contributed by atoms with Crippen molar-refractivity contribution in [2.75, 3.05) is 0 Å². The maximum absolute atomic E-state index is 9.55. The van der Waals surface area contributed by atoms with E-state index in [1.165, 1.54) is 16.0 Å². The highest BCUT2D eigenvalue weighted by Crippen LogP contribution is 2.36. The molecule has 0 saturated heterocycles. The van der Waals surface area contributed by atoms with Gasteiger partial charge in [0.15, 0.2) is 0 Å². The van der Waals surface area contributed by atoms with Crippen molar-refractivity contribution in [1.82, 2.24) is 10.3 Å². The van der Waals surface area contributed by atoms with E-state index in [4.69, 9.17) is 0 Å². The van der Waals surface area contributed by atoms with Gasteiger partial charge in [-0.25, -0.2) is 4.98 Å². The van der Waals surface area contributed by atoms with Crippen molar-refractivity contribution >= 4 is 11.3 Å². The van der Waals surface area contributed by atoms with E-state index < -0.39 is 0 Å². The summed E-state index contributed by atoms with van der Waals surface area (Å²) in [6, 6.07) is 6.41. The van der Waals surface area contributed by atoms with E-state index in [1.807, 2.05) is 12.1 Å². The summed E-state index contributed by atoms with van der Waals surface area (Å²) in [6.07, 6.45) is 2.13. The Morgan fingerprint density at radius 3 is 2.90 bits per heavy atom. The zero-order chi connectivity index (χ0) is 14.3. The lowest BCUT2D eigenvalue weighted by Crippen LogP contribution is -2.22. The first-order valence-corrected chi connectivity index (χ1v) is 7.88. The van der Waals surface area contributed by atoms with Gasteiger partial charge in [0.05, 0.1) is 10.7 Å². The molecule has 0 saturated carbocycles. The summed E-state index contributed by atoms with van der Waals surface area (Å²) in [6.45, 7) is 6.34. The number of fused-ring (bicyclic) bond motifs is 1. The van der Waals surface area contributed by atoms with E-state index >= 15 is 0 Å². The first-order valence-electron chi connectivity index (χ1n) is 7.06. The van der Waals surface area contributed by atoms with Crippen molar-refractivity contribution in [3.05, 3.63) is 44.9 Å². The van der Waals surface area contributed by atoms with Crippen molar-refractivity contribution in [2.45, 2.75) is 45.7 Å². The van der Waals surface area contributed by atoms with Crippen LogP contribution in [0.1, 0.15) is 52.1 Å². The molecule has 2 aromatic rings. The van der Waals surface area contributed by atoms with Crippen LogP contribution < -0.4 is 5.32 Å². The number of hydrogen-bond donors (Lipinski definition) is 2. The van der Waals surface area contributed by atoms with Crippen LogP contribution in [-0.2, 0) is 6.42 Å². The number of thiazole rings is 1. The molecule has 2 atom stereocenters. The van der Waals surface area contributed by atoms with Gasteiger partial charge >= 0.3 is 0 Å². The van der Waals surface area contributed by atoms with Crippen LogP contribution in [0.2, 0.25) is 0 Å². The van der Waals surface area contributed by atoms with Crippen molar-refractivity contribution in [3.63, 3.8) is 0 Å². The standard InChI is InChI=1S/C16H20N2OS/c1-9-16(20-11(3)17-9)10(2)18-15-7-4-12-8-13(19)5-6-14(12)15/h5-6,8,10,15,18-19H,4,7H2,1-3H3. The third kappa shape index (κ3) is 2.45. The number of aryl methyl sites for hydroxylation is 3. The molecule has 3 nitrogen and oxygen atoms in total. The monoisotopic (exact) mass is 288 g/mol. The number of nitrogens with zero attached hydrogens (tertiary/aromatic N) is 1. The average molecular weight is 288 g/mol. The number of phenols is 1. The smallest absolute Gasteiger partial charge is 0.115 e. The van der Waals surface area contributed by atoms with Crippen molar-refractivity contribution < 1.29 is 5.11 Å². The Morgan fingerprint density at radius 1 is 1.40 bits per heavy atom. The van der Waals surface area contributed by atoms with Gasteiger partial charge in [-0.3, -0.25) is 0 Å². The van der Waals surface area contributed by atoms with Crippen molar-refractivity contribution in [3.8, 4) is 5.75 Å². The summed E-state index contributed by atoms with van der Waals surface area (Å²) in [5, 5.41) is 14.4. The van der Waals surface area contributed by atoms with E-state index in [0.29, 0.717) is 17.8 Å². The van der Waals surface area contributed by atoms with Crippen molar-refractivity contribution in [2.24, 2.45) is 0 Å². The molecule has 4 heteroatoms. The predicted molar refractivity (Wildman–Crippen MR) is 82.3 cm³/mol. The molecule has 0 bridgehead atoms. The van der Waals surface area contributed by atoms with Gasteiger partial charge in [-0.05, 0) is 56.9 Å². The van der Waals surface area contributed by atoms with Crippen LogP contribution in [0, 0.1) is 13.8 Å². The molecule has 0 fully saturated rings. The normalized spacial score (nSPS) is 19.1. The minimum absolute atomic E-state index is 0.311. The zero-order valence-electron chi connectivity index (χ0n) is 12.1. The average Bonchev–Trinajstić information content (AvgIpc) is 2.93. The maximum Gasteiger partial charge on any atom is 0.115 e. The topological polar surface area (TPSA) is 45.2 Å². The fraction of sp³-hybridized carbons (Fsp3) is 0.438. The van der Waals surface area contributed by atoms with Crippen LogP contribution in [0.25, 0.3) is 0 Å². The van der Waals surface area contributed by atoms with Gasteiger partial charge in [0, 0.05) is 17.0 Å². The van der Waals surface area contributed by atoms with Gasteiger partial charge in [0.25, 0.3) is 0 Å². The summed E-state index contributed by atoms with van der Waals surface area (Å²) in [7, 11) is 0. The summed E-state index contributed by atoms with van der Waals surface area (Å²) in [5.41, 5.74) is 3.73. The molecule has 3 rings (SSSR count). The Hall–Kier alpha value is -1.39. The molecule has 1 aromatic carbocycles. The molecule has 20 heavy (non-hydrogen) atoms. The molecule has 2 unspecified atom stereocenters. The Morgan fingerprint density at radius 2 is 2.20 bits per heavy atom. The summed E-state index contributed by atoms with van der Waals surface area (Å²) >= 11 is 1.78. The van der Waals surface area contributed by atoms with Crippen LogP contribution in [0.5, 0.6) is 5.75 Å². The highest BCUT2D eigenvalue weighted by molar-refractivity contribution is 7.11. The van der Waals surface area contributed by atoms with Gasteiger partial charge in [0.1, 0.15) is 5.75 Å². The van der Waals surface area contributed by atoms with Crippen LogP contribution in [0.15, 0.2) is 18.2 Å². The Balaban J connectivity index is 1.79. The highest BCUT2D eigenvalue weighted by Gasteiger charge is 2.25. The minimum Gasteiger partial charge on any atom is -0.508 e. The number of hydrogen-bond acceptors (Lipinski definition) is 4. The van der Waals surface area contributed by atoms with E-state index in [1.54, 1.807) is 17.4 Å². The van der Waals surface area contributed by atoms with Crippen LogP contribution >= 0.6 is 11.3 Å². The number of phenolic OH excluding ortho intramolecular Hbond substituents is 1. The lowest BCUT2D eigenvalue weighted by Gasteiger charge is -2.20. The summed E-state index contributed by atoms with van der Waals surface area (Å²) < 4.78 is 0. The van der Waals surface area contributed by atoms with E-state index in [0.717, 1.165) is 23.5 Å². The lowest BCUT2D eigenvalue weighted by atomic mass is 10.1. The molecule has 0 radical (unpaired) electrons. The Kier molecular flexibility index (Phi) is 3.52. The first-order chi connectivity index (χ1) is 9.54. The lowest BCUT2D eigenvalue weighted by molar-refractivity contribution is 0.466. The quantitative estimate of drug-likeness (QED) is 0.903. The highest BCUT2D eigenvalue weighted by atomic mass is 32.1. The molecule has 0 spiro atoms. The fourth-order valence-electron chi connectivity index (χ4n) is 3.10. The second kappa shape index (κ2) is 5.19. The Bertz CT molecular complexity index is 635. The molecule has 1 aliphatic rings. The third-order valence-electron chi connectivity index (χ3n) is 3.99. The molecule has 0 amide bonds. The van der Waals surface area contributed by atoms with Crippen molar-refractivity contribution in [1.29, 1.82) is 0 Å². The molecular weight excluding hydrogens is 268 g/mol. The second-order valence-corrected chi connectivity index (χ2v) is 6.78. The van der Waals surface area contributed by atoms with Gasteiger partial charge < -0.3 is 10.4 Å². The molecule has 1 heterocycles. The zero-order valence-corrected chi connectivity index (χ0v) is 12.9. The first kappa shape index (κ1) is 13.6. The van der Waals surface area contributed by atoms with Gasteiger partial charge in [0.2, 0.25) is 0 Å². The molecular formula is C16H20N2OS. The predicted octanol–water partition coefficient (Wildman–Crippen LogP) is 3.80. The SMILES string of the molecule is Cc1nc(C)c(C(C)NC2CCc3cc(O)ccc32)s1. The van der Waals surface area contributed by atoms with Gasteiger partial charge in [-0.15, -0.1) is 11.3 Å². The van der Waals surface area contributed by atoms with E-state index in [-0.39, 0.29) is 0 Å². The summed E-state index contributed by atoms with van der Waals surface area (Å²) in [4.78, 5) is 5.84. The Labute approximate surface area is 123 Å². The number of aromatic hydroxyl groups is 1. The molecule has 2 N–H and O–H groups in total. The van der Waals surface area contributed by atoms with Crippen LogP contribution in [-0.4, -0.2) is 10.1 Å². The van der Waals surface area contributed by atoms with Gasteiger partial charge in [-0.2, -0.15) is 0 Å². The van der Waals surface area contributed by atoms with E-state index in [9.17, 15) is 5.11 Å².